The number of rotatable bonds is 0. The summed E-state index contributed by atoms with van der Waals surface area (Å²) in [7, 11) is 0. The Labute approximate surface area is 116 Å². The normalized spacial score (nSPS) is 11.3. The Morgan fingerprint density at radius 3 is 2.78 bits per heavy atom. The van der Waals surface area contributed by atoms with E-state index in [2.05, 4.69) is 15.9 Å². The largest absolute Gasteiger partial charge is 0.454 e. The summed E-state index contributed by atoms with van der Waals surface area (Å²) in [6.45, 7) is 1.88. The monoisotopic (exact) mass is 322 g/mol. The third-order valence-electron chi connectivity index (χ3n) is 2.95. The van der Waals surface area contributed by atoms with Crippen molar-refractivity contribution in [1.82, 2.24) is 0 Å². The van der Waals surface area contributed by atoms with E-state index < -0.39 is 0 Å². The number of benzene rings is 2. The molecule has 0 fully saturated rings. The van der Waals surface area contributed by atoms with Crippen LogP contribution in [0.2, 0.25) is 5.02 Å². The topological polar surface area (TPSA) is 30.2 Å². The van der Waals surface area contributed by atoms with Gasteiger partial charge in [0.1, 0.15) is 5.58 Å². The van der Waals surface area contributed by atoms with Crippen molar-refractivity contribution in [3.8, 4) is 0 Å². The third-order valence-corrected chi connectivity index (χ3v) is 3.74. The highest BCUT2D eigenvalue weighted by molar-refractivity contribution is 9.10. The molecule has 0 bridgehead atoms. The second-order valence-corrected chi connectivity index (χ2v) is 5.46. The number of hydrogen-bond acceptors (Lipinski definition) is 2. The summed E-state index contributed by atoms with van der Waals surface area (Å²) < 4.78 is 6.62. The molecule has 2 nitrogen and oxygen atoms in total. The first-order valence-electron chi connectivity index (χ1n) is 5.39. The van der Waals surface area contributed by atoms with Crippen LogP contribution in [0.15, 0.2) is 44.0 Å². The van der Waals surface area contributed by atoms with E-state index >= 15 is 0 Å². The predicted molar refractivity (Wildman–Crippen MR) is 77.4 cm³/mol. The van der Waals surface area contributed by atoms with E-state index in [1.807, 2.05) is 19.1 Å². The van der Waals surface area contributed by atoms with Gasteiger partial charge in [0.15, 0.2) is 5.58 Å². The molecule has 0 unspecified atom stereocenters. The predicted octanol–water partition coefficient (Wildman–Crippen LogP) is 4.67. The van der Waals surface area contributed by atoms with Gasteiger partial charge in [0, 0.05) is 4.47 Å². The first-order chi connectivity index (χ1) is 8.58. The molecule has 0 aliphatic carbocycles. The molecule has 0 radical (unpaired) electrons. The van der Waals surface area contributed by atoms with Crippen LogP contribution in [0, 0.1) is 6.92 Å². The van der Waals surface area contributed by atoms with Gasteiger partial charge in [0.05, 0.1) is 15.8 Å². The lowest BCUT2D eigenvalue weighted by Gasteiger charge is -2.05. The van der Waals surface area contributed by atoms with Crippen molar-refractivity contribution < 1.29 is 4.42 Å². The van der Waals surface area contributed by atoms with Gasteiger partial charge in [0.25, 0.3) is 0 Å². The van der Waals surface area contributed by atoms with Crippen molar-refractivity contribution >= 4 is 49.5 Å². The molecule has 0 amide bonds. The highest BCUT2D eigenvalue weighted by Gasteiger charge is 2.12. The van der Waals surface area contributed by atoms with Crippen LogP contribution in [-0.4, -0.2) is 0 Å². The second-order valence-electron chi connectivity index (χ2n) is 4.14. The number of fused-ring (bicyclic) bond motifs is 2. The zero-order valence-electron chi connectivity index (χ0n) is 9.46. The molecule has 4 heteroatoms. The molecular formula is C14H8BrClO2. The van der Waals surface area contributed by atoms with Crippen molar-refractivity contribution in [3.05, 3.63) is 55.6 Å². The number of aryl methyl sites for hydroxylation is 1. The summed E-state index contributed by atoms with van der Waals surface area (Å²) >= 11 is 9.46. The number of hydrogen-bond donors (Lipinski definition) is 0. The summed E-state index contributed by atoms with van der Waals surface area (Å²) in [5, 5.41) is 1.57. The van der Waals surface area contributed by atoms with Gasteiger partial charge in [-0.05, 0) is 36.8 Å². The minimum absolute atomic E-state index is 0.0428. The molecule has 1 heterocycles. The van der Waals surface area contributed by atoms with Crippen molar-refractivity contribution in [1.29, 1.82) is 0 Å². The minimum atomic E-state index is -0.0428. The van der Waals surface area contributed by atoms with Crippen LogP contribution in [0.25, 0.3) is 21.9 Å². The van der Waals surface area contributed by atoms with E-state index in [-0.39, 0.29) is 5.43 Å². The van der Waals surface area contributed by atoms with Gasteiger partial charge in [-0.15, -0.1) is 0 Å². The van der Waals surface area contributed by atoms with Gasteiger partial charge in [0.2, 0.25) is 5.43 Å². The van der Waals surface area contributed by atoms with Crippen molar-refractivity contribution in [2.75, 3.05) is 0 Å². The van der Waals surface area contributed by atoms with Gasteiger partial charge in [-0.2, -0.15) is 0 Å². The molecule has 90 valence electrons. The van der Waals surface area contributed by atoms with Crippen LogP contribution in [0.5, 0.6) is 0 Å². The zero-order chi connectivity index (χ0) is 12.9. The van der Waals surface area contributed by atoms with Crippen LogP contribution in [-0.2, 0) is 0 Å². The molecular weight excluding hydrogens is 316 g/mol. The molecule has 0 saturated heterocycles. The molecule has 0 aliphatic rings. The average molecular weight is 324 g/mol. The van der Waals surface area contributed by atoms with Crippen LogP contribution < -0.4 is 5.43 Å². The SMILES string of the molecule is Cc1ccc(Cl)c2oc3cc(Br)ccc3c(=O)c12. The van der Waals surface area contributed by atoms with E-state index in [0.29, 0.717) is 27.0 Å². The molecule has 0 atom stereocenters. The fourth-order valence-corrected chi connectivity index (χ4v) is 2.59. The standard InChI is InChI=1S/C14H8BrClO2/c1-7-2-5-10(16)14-12(7)13(17)9-4-3-8(15)6-11(9)18-14/h2-6H,1H3. The molecule has 1 aromatic heterocycles. The van der Waals surface area contributed by atoms with Gasteiger partial charge < -0.3 is 4.42 Å². The summed E-state index contributed by atoms with van der Waals surface area (Å²) in [6, 6.07) is 8.92. The molecule has 0 saturated carbocycles. The molecule has 2 aromatic carbocycles. The Kier molecular flexibility index (Phi) is 2.68. The maximum absolute atomic E-state index is 12.4. The Balaban J connectivity index is 2.65. The zero-order valence-corrected chi connectivity index (χ0v) is 11.8. The van der Waals surface area contributed by atoms with Crippen molar-refractivity contribution in [2.45, 2.75) is 6.92 Å². The van der Waals surface area contributed by atoms with E-state index in [4.69, 9.17) is 16.0 Å². The number of halogens is 2. The van der Waals surface area contributed by atoms with E-state index in [1.165, 1.54) is 0 Å². The summed E-state index contributed by atoms with van der Waals surface area (Å²) in [4.78, 5) is 12.4. The molecule has 0 N–H and O–H groups in total. The Morgan fingerprint density at radius 2 is 2.00 bits per heavy atom. The minimum Gasteiger partial charge on any atom is -0.454 e. The van der Waals surface area contributed by atoms with Gasteiger partial charge in [-0.25, -0.2) is 0 Å². The van der Waals surface area contributed by atoms with Crippen LogP contribution in [0.3, 0.4) is 0 Å². The van der Waals surface area contributed by atoms with Gasteiger partial charge in [-0.1, -0.05) is 33.6 Å². The molecule has 3 aromatic rings. The molecule has 0 spiro atoms. The van der Waals surface area contributed by atoms with Crippen molar-refractivity contribution in [3.63, 3.8) is 0 Å². The van der Waals surface area contributed by atoms with Crippen LogP contribution >= 0.6 is 27.5 Å². The van der Waals surface area contributed by atoms with E-state index in [9.17, 15) is 4.79 Å². The lowest BCUT2D eigenvalue weighted by molar-refractivity contribution is 0.659. The highest BCUT2D eigenvalue weighted by atomic mass is 79.9. The van der Waals surface area contributed by atoms with E-state index in [1.54, 1.807) is 18.2 Å². The van der Waals surface area contributed by atoms with Crippen LogP contribution in [0.1, 0.15) is 5.56 Å². The Morgan fingerprint density at radius 1 is 1.22 bits per heavy atom. The first-order valence-corrected chi connectivity index (χ1v) is 6.56. The summed E-state index contributed by atoms with van der Waals surface area (Å²) in [5.74, 6) is 0. The Bertz CT molecular complexity index is 836. The average Bonchev–Trinajstić information content (AvgIpc) is 2.33. The lowest BCUT2D eigenvalue weighted by Crippen LogP contribution is -2.04. The van der Waals surface area contributed by atoms with Gasteiger partial charge >= 0.3 is 0 Å². The van der Waals surface area contributed by atoms with Gasteiger partial charge in [-0.3, -0.25) is 4.79 Å². The molecule has 18 heavy (non-hydrogen) atoms. The fourth-order valence-electron chi connectivity index (χ4n) is 2.05. The lowest BCUT2D eigenvalue weighted by atomic mass is 10.1. The maximum atomic E-state index is 12.4. The summed E-state index contributed by atoms with van der Waals surface area (Å²) in [5.41, 5.74) is 1.81. The maximum Gasteiger partial charge on any atom is 0.200 e. The fraction of sp³-hybridized carbons (Fsp3) is 0.0714. The first kappa shape index (κ1) is 11.8. The molecule has 0 aliphatic heterocycles. The van der Waals surface area contributed by atoms with Crippen LogP contribution in [0.4, 0.5) is 0 Å². The smallest absolute Gasteiger partial charge is 0.200 e. The quantitative estimate of drug-likeness (QED) is 0.563. The Hall–Kier alpha value is -1.32. The molecule has 3 rings (SSSR count). The van der Waals surface area contributed by atoms with E-state index in [0.717, 1.165) is 10.0 Å². The second kappa shape index (κ2) is 4.11. The highest BCUT2D eigenvalue weighted by Crippen LogP contribution is 2.28. The summed E-state index contributed by atoms with van der Waals surface area (Å²) in [6.07, 6.45) is 0. The van der Waals surface area contributed by atoms with Crippen molar-refractivity contribution in [2.24, 2.45) is 0 Å². The third kappa shape index (κ3) is 1.66.